The van der Waals surface area contributed by atoms with Crippen LogP contribution in [0.3, 0.4) is 0 Å². The average Bonchev–Trinajstić information content (AvgIpc) is 2.75. The van der Waals surface area contributed by atoms with Gasteiger partial charge in [0, 0.05) is 11.1 Å². The van der Waals surface area contributed by atoms with Gasteiger partial charge in [0.2, 0.25) is 0 Å². The molecule has 3 aromatic carbocycles. The summed E-state index contributed by atoms with van der Waals surface area (Å²) >= 11 is 0. The van der Waals surface area contributed by atoms with Crippen molar-refractivity contribution in [1.29, 1.82) is 0 Å². The van der Waals surface area contributed by atoms with Crippen molar-refractivity contribution in [2.24, 2.45) is 0 Å². The minimum absolute atomic E-state index is 0.0267. The van der Waals surface area contributed by atoms with Gasteiger partial charge in [-0.2, -0.15) is 0 Å². The summed E-state index contributed by atoms with van der Waals surface area (Å²) < 4.78 is 6.21. The average molecular weight is 371 g/mol. The molecule has 0 aliphatic carbocycles. The fourth-order valence-corrected chi connectivity index (χ4v) is 3.79. The van der Waals surface area contributed by atoms with Gasteiger partial charge < -0.3 is 9.64 Å². The van der Waals surface area contributed by atoms with E-state index in [1.54, 1.807) is 0 Å². The van der Waals surface area contributed by atoms with Crippen LogP contribution >= 0.6 is 0 Å². The number of carbonyl (C=O) groups excluding carboxylic acids is 1. The molecule has 0 N–H and O–H groups in total. The first-order valence-corrected chi connectivity index (χ1v) is 9.86. The Morgan fingerprint density at radius 3 is 2.14 bits per heavy atom. The van der Waals surface area contributed by atoms with Crippen LogP contribution in [0.4, 0.5) is 0 Å². The van der Waals surface area contributed by atoms with Crippen LogP contribution in [0.15, 0.2) is 78.9 Å². The molecule has 28 heavy (non-hydrogen) atoms. The maximum atomic E-state index is 12.6. The fourth-order valence-electron chi connectivity index (χ4n) is 3.79. The second-order valence-corrected chi connectivity index (χ2v) is 7.44. The smallest absolute Gasteiger partial charge is 0.193 e. The van der Waals surface area contributed by atoms with E-state index in [1.165, 1.54) is 5.56 Å². The number of ether oxygens (including phenoxy) is 1. The van der Waals surface area contributed by atoms with Crippen LogP contribution in [0.1, 0.15) is 40.2 Å². The highest BCUT2D eigenvalue weighted by molar-refractivity contribution is 6.08. The molecule has 0 atom stereocenters. The Labute approximate surface area is 166 Å². The molecule has 3 nitrogen and oxygen atoms in total. The number of likely N-dealkylation sites (tertiary alicyclic amines) is 1. The maximum absolute atomic E-state index is 12.6. The van der Waals surface area contributed by atoms with E-state index in [0.29, 0.717) is 17.0 Å². The van der Waals surface area contributed by atoms with Crippen LogP contribution in [0.2, 0.25) is 0 Å². The maximum Gasteiger partial charge on any atom is 0.193 e. The largest absolute Gasteiger partial charge is 0.457 e. The van der Waals surface area contributed by atoms with Gasteiger partial charge in [0.1, 0.15) is 11.5 Å². The lowest BCUT2D eigenvalue weighted by Gasteiger charge is -2.30. The lowest BCUT2D eigenvalue weighted by molar-refractivity contribution is 0.103. The van der Waals surface area contributed by atoms with Crippen LogP contribution in [0.5, 0.6) is 11.5 Å². The molecule has 0 radical (unpaired) electrons. The number of rotatable bonds is 5. The van der Waals surface area contributed by atoms with Crippen LogP contribution in [-0.4, -0.2) is 30.8 Å². The number of para-hydroxylation sites is 1. The lowest BCUT2D eigenvalue weighted by Crippen LogP contribution is -2.29. The zero-order chi connectivity index (χ0) is 19.3. The molecule has 3 aromatic rings. The van der Waals surface area contributed by atoms with Crippen LogP contribution in [0, 0.1) is 0 Å². The highest BCUT2D eigenvalue weighted by atomic mass is 16.5. The molecular weight excluding hydrogens is 346 g/mol. The number of benzene rings is 3. The second-order valence-electron chi connectivity index (χ2n) is 7.44. The van der Waals surface area contributed by atoms with Gasteiger partial charge >= 0.3 is 0 Å². The van der Waals surface area contributed by atoms with E-state index in [9.17, 15) is 4.79 Å². The number of ketones is 1. The number of carbonyl (C=O) groups is 1. The predicted octanol–water partition coefficient (Wildman–Crippen LogP) is 5.52. The summed E-state index contributed by atoms with van der Waals surface area (Å²) in [6, 6.07) is 25.1. The summed E-state index contributed by atoms with van der Waals surface area (Å²) in [7, 11) is 2.18. The molecule has 0 unspecified atom stereocenters. The summed E-state index contributed by atoms with van der Waals surface area (Å²) in [6.07, 6.45) is 2.31. The van der Waals surface area contributed by atoms with Gasteiger partial charge in [-0.15, -0.1) is 0 Å². The number of piperidine rings is 1. The Hall–Kier alpha value is -2.91. The van der Waals surface area contributed by atoms with Gasteiger partial charge in [-0.25, -0.2) is 0 Å². The van der Waals surface area contributed by atoms with E-state index in [4.69, 9.17) is 4.74 Å². The third kappa shape index (κ3) is 4.15. The molecule has 3 heteroatoms. The Bertz CT molecular complexity index is 926. The molecule has 1 aliphatic rings. The molecule has 0 saturated carbocycles. The van der Waals surface area contributed by atoms with Crippen molar-refractivity contribution >= 4 is 5.78 Å². The van der Waals surface area contributed by atoms with Crippen molar-refractivity contribution < 1.29 is 9.53 Å². The minimum atomic E-state index is 0.0267. The summed E-state index contributed by atoms with van der Waals surface area (Å²) in [5, 5.41) is 0. The van der Waals surface area contributed by atoms with E-state index < -0.39 is 0 Å². The van der Waals surface area contributed by atoms with Gasteiger partial charge in [-0.1, -0.05) is 48.5 Å². The van der Waals surface area contributed by atoms with Crippen LogP contribution < -0.4 is 4.74 Å². The summed E-state index contributed by atoms with van der Waals surface area (Å²) in [4.78, 5) is 14.9. The van der Waals surface area contributed by atoms with Crippen LogP contribution in [-0.2, 0) is 0 Å². The molecule has 0 bridgehead atoms. The summed E-state index contributed by atoms with van der Waals surface area (Å²) in [6.45, 7) is 2.24. The normalized spacial score (nSPS) is 15.3. The van der Waals surface area contributed by atoms with Crippen molar-refractivity contribution in [3.05, 3.63) is 95.6 Å². The summed E-state index contributed by atoms with van der Waals surface area (Å²) in [5.74, 6) is 2.23. The second kappa shape index (κ2) is 8.41. The van der Waals surface area contributed by atoms with Crippen molar-refractivity contribution in [3.63, 3.8) is 0 Å². The first-order valence-electron chi connectivity index (χ1n) is 9.86. The van der Waals surface area contributed by atoms with Crippen molar-refractivity contribution in [3.8, 4) is 11.5 Å². The van der Waals surface area contributed by atoms with Gasteiger partial charge in [0.25, 0.3) is 0 Å². The topological polar surface area (TPSA) is 29.5 Å². The SMILES string of the molecule is CN1CCC(c2ccccc2Oc2ccc(C(=O)c3ccccc3)cc2)CC1. The van der Waals surface area contributed by atoms with Gasteiger partial charge in [0.15, 0.2) is 5.78 Å². The predicted molar refractivity (Wildman–Crippen MR) is 112 cm³/mol. The molecule has 0 aromatic heterocycles. The number of nitrogens with zero attached hydrogens (tertiary/aromatic N) is 1. The molecule has 4 rings (SSSR count). The Balaban J connectivity index is 1.50. The van der Waals surface area contributed by atoms with Crippen molar-refractivity contribution in [2.45, 2.75) is 18.8 Å². The molecule has 1 aliphatic heterocycles. The standard InChI is InChI=1S/C25H25NO2/c1-26-17-15-19(16-18-26)23-9-5-6-10-24(23)28-22-13-11-21(12-14-22)25(27)20-7-3-2-4-8-20/h2-14,19H,15-18H2,1H3. The highest BCUT2D eigenvalue weighted by Gasteiger charge is 2.21. The third-order valence-corrected chi connectivity index (χ3v) is 5.46. The lowest BCUT2D eigenvalue weighted by atomic mass is 9.89. The first kappa shape index (κ1) is 18.5. The molecule has 142 valence electrons. The quantitative estimate of drug-likeness (QED) is 0.553. The molecular formula is C25H25NO2. The van der Waals surface area contributed by atoms with E-state index in [1.807, 2.05) is 66.7 Å². The Kier molecular flexibility index (Phi) is 5.54. The van der Waals surface area contributed by atoms with Gasteiger partial charge in [0.05, 0.1) is 0 Å². The Morgan fingerprint density at radius 2 is 1.43 bits per heavy atom. The van der Waals surface area contributed by atoms with Crippen LogP contribution in [0.25, 0.3) is 0 Å². The molecule has 0 amide bonds. The highest BCUT2D eigenvalue weighted by Crippen LogP contribution is 2.36. The van der Waals surface area contributed by atoms with E-state index in [0.717, 1.165) is 37.4 Å². The fraction of sp³-hybridized carbons (Fsp3) is 0.240. The van der Waals surface area contributed by atoms with Crippen molar-refractivity contribution in [1.82, 2.24) is 4.90 Å². The number of hydrogen-bond donors (Lipinski definition) is 0. The molecule has 0 spiro atoms. The van der Waals surface area contributed by atoms with E-state index in [2.05, 4.69) is 24.1 Å². The zero-order valence-corrected chi connectivity index (χ0v) is 16.2. The van der Waals surface area contributed by atoms with E-state index in [-0.39, 0.29) is 5.78 Å². The van der Waals surface area contributed by atoms with E-state index >= 15 is 0 Å². The minimum Gasteiger partial charge on any atom is -0.457 e. The molecule has 1 saturated heterocycles. The number of hydrogen-bond acceptors (Lipinski definition) is 3. The van der Waals surface area contributed by atoms with Crippen molar-refractivity contribution in [2.75, 3.05) is 20.1 Å². The molecule has 1 heterocycles. The summed E-state index contributed by atoms with van der Waals surface area (Å²) in [5.41, 5.74) is 2.64. The zero-order valence-electron chi connectivity index (χ0n) is 16.2. The van der Waals surface area contributed by atoms with Gasteiger partial charge in [-0.05, 0) is 74.8 Å². The Morgan fingerprint density at radius 1 is 0.821 bits per heavy atom. The first-order chi connectivity index (χ1) is 13.7. The molecule has 1 fully saturated rings. The van der Waals surface area contributed by atoms with Gasteiger partial charge in [-0.3, -0.25) is 4.79 Å². The third-order valence-electron chi connectivity index (χ3n) is 5.46. The monoisotopic (exact) mass is 371 g/mol.